The number of fused-ring (bicyclic) bond motifs is 11. The second-order valence-corrected chi connectivity index (χ2v) is 22.5. The molecule has 69 heavy (non-hydrogen) atoms. The van der Waals surface area contributed by atoms with Crippen LogP contribution in [0.2, 0.25) is 0 Å². The minimum atomic E-state index is -0.345. The van der Waals surface area contributed by atoms with Crippen molar-refractivity contribution in [3.63, 3.8) is 0 Å². The summed E-state index contributed by atoms with van der Waals surface area (Å²) in [6.07, 6.45) is 28.0. The fourth-order valence-corrected chi connectivity index (χ4v) is 14.3. The van der Waals surface area contributed by atoms with E-state index in [1.54, 1.807) is 13.2 Å². The van der Waals surface area contributed by atoms with Crippen LogP contribution in [0, 0.1) is 41.4 Å². The molecular weight excluding hydrogens is 855 g/mol. The number of phenols is 2. The number of carbonyl (C=O) groups is 1. The number of aryl methyl sites for hydroxylation is 1. The van der Waals surface area contributed by atoms with E-state index in [2.05, 4.69) is 66.6 Å². The number of guanidine groups is 1. The number of nitrogens with one attached hydrogen (secondary N) is 1. The van der Waals surface area contributed by atoms with Crippen LogP contribution in [0.1, 0.15) is 186 Å². The van der Waals surface area contributed by atoms with Crippen LogP contribution in [0.15, 0.2) is 77.3 Å². The minimum Gasteiger partial charge on any atom is -0.508 e. The summed E-state index contributed by atoms with van der Waals surface area (Å²) < 4.78 is 13.1. The first-order valence-electron chi connectivity index (χ1n) is 27.1. The van der Waals surface area contributed by atoms with Gasteiger partial charge in [-0.1, -0.05) is 112 Å². The molecule has 1 aliphatic heterocycles. The lowest BCUT2D eigenvalue weighted by Crippen LogP contribution is -2.50. The molecule has 7 aliphatic rings. The molecule has 0 unspecified atom stereocenters. The number of hydrogen-bond donors (Lipinski definition) is 4. The zero-order chi connectivity index (χ0) is 47.5. The molecule has 3 aromatic rings. The summed E-state index contributed by atoms with van der Waals surface area (Å²) in [5.74, 6) is 10.0. The topological polar surface area (TPSA) is 126 Å². The lowest BCUT2D eigenvalue weighted by molar-refractivity contribution is -0.114. The van der Waals surface area contributed by atoms with Crippen molar-refractivity contribution in [3.05, 3.63) is 111 Å². The monoisotopic (exact) mass is 932 g/mol. The Balaban J connectivity index is 1.13. The van der Waals surface area contributed by atoms with Gasteiger partial charge >= 0.3 is 0 Å². The third-order valence-corrected chi connectivity index (χ3v) is 17.6. The van der Waals surface area contributed by atoms with Gasteiger partial charge in [0.05, 0.1) is 24.3 Å². The fourth-order valence-electron chi connectivity index (χ4n) is 14.3. The van der Waals surface area contributed by atoms with Gasteiger partial charge in [-0.3, -0.25) is 4.79 Å². The number of aliphatic imine (C=N–C) groups is 1. The predicted molar refractivity (Wildman–Crippen MR) is 276 cm³/mol. The number of hydrogen-bond acceptors (Lipinski definition) is 8. The molecule has 4 saturated carbocycles. The third-order valence-electron chi connectivity index (χ3n) is 17.6. The largest absolute Gasteiger partial charge is 0.508 e. The van der Waals surface area contributed by atoms with Gasteiger partial charge in [0, 0.05) is 42.9 Å². The summed E-state index contributed by atoms with van der Waals surface area (Å²) in [5.41, 5.74) is 15.5. The van der Waals surface area contributed by atoms with Gasteiger partial charge in [-0.15, -0.1) is 0 Å². The summed E-state index contributed by atoms with van der Waals surface area (Å²) in [6, 6.07) is 17.1. The quantitative estimate of drug-likeness (QED) is 0.0857. The van der Waals surface area contributed by atoms with Gasteiger partial charge in [-0.2, -0.15) is 0 Å². The Hall–Kier alpha value is -5.00. The van der Waals surface area contributed by atoms with Gasteiger partial charge in [-0.25, -0.2) is 4.99 Å². The fraction of sp³-hybridized carbons (Fsp3) is 0.574. The zero-order valence-electron chi connectivity index (χ0n) is 41.5. The first kappa shape index (κ1) is 47.7. The summed E-state index contributed by atoms with van der Waals surface area (Å²) >= 11 is 0. The smallest absolute Gasteiger partial charge is 0.189 e. The van der Waals surface area contributed by atoms with Crippen LogP contribution in [0.3, 0.4) is 0 Å². The van der Waals surface area contributed by atoms with Crippen molar-refractivity contribution >= 4 is 11.7 Å². The van der Waals surface area contributed by atoms with Crippen LogP contribution < -0.4 is 15.8 Å². The molecule has 0 amide bonds. The number of phenolic OH excluding ortho intramolecular Hbond substituents is 2. The second kappa shape index (κ2) is 21.2. The molecule has 0 radical (unpaired) electrons. The van der Waals surface area contributed by atoms with Crippen LogP contribution in [0.4, 0.5) is 0 Å². The van der Waals surface area contributed by atoms with E-state index in [4.69, 9.17) is 20.2 Å². The molecule has 7 atom stereocenters. The van der Waals surface area contributed by atoms with Gasteiger partial charge in [0.2, 0.25) is 0 Å². The first-order chi connectivity index (χ1) is 33.6. The van der Waals surface area contributed by atoms with Gasteiger partial charge < -0.3 is 30.7 Å². The first-order valence-corrected chi connectivity index (χ1v) is 27.1. The molecule has 6 aliphatic carbocycles. The predicted octanol–water partition coefficient (Wildman–Crippen LogP) is 12.4. The van der Waals surface area contributed by atoms with Gasteiger partial charge in [0.25, 0.3) is 0 Å². The standard InChI is InChI=1S/C61H77N3O5/c1-39-28-52-44-31-42(33-49(66)35-44)30-41-17-12-18-46(32-41)61(26-10-3-11-27-61)64-60(62)63-47-19-13-23-51-43(24-25-48(65)20-7-6-16-40-14-4-5-15-40)37-56(69-50-21-8-9-22-50)59(67)58(51)57-54(29-39)53(52)36-45(34-47)55(57)38-68-2/h7,12,17-18,20,31-33,35-37,39-40,45,47,50,52,54-55,57,66-67H,3-6,8-11,14-16,19,21-22,24-30,34,38H2,1-2H3,(H3,62,63,64)/b20-7+/t39-,45-,47-,52-,54-,55+,57+/m0/s1. The van der Waals surface area contributed by atoms with Crippen molar-refractivity contribution in [1.82, 2.24) is 5.32 Å². The molecule has 5 N–H and O–H groups in total. The van der Waals surface area contributed by atoms with E-state index in [0.717, 1.165) is 117 Å². The number of ether oxygens (including phenoxy) is 2. The number of nitrogens with two attached hydrogens (primary N) is 1. The molecule has 10 rings (SSSR count). The summed E-state index contributed by atoms with van der Waals surface area (Å²) in [4.78, 5) is 19.1. The molecule has 4 fully saturated rings. The van der Waals surface area contributed by atoms with E-state index in [1.165, 1.54) is 48.8 Å². The Morgan fingerprint density at radius 1 is 0.957 bits per heavy atom. The summed E-state index contributed by atoms with van der Waals surface area (Å²) in [5, 5.41) is 28.4. The lowest BCUT2D eigenvalue weighted by atomic mass is 9.55. The average Bonchev–Trinajstić information content (AvgIpc) is 4.06. The molecule has 1 spiro atoms. The van der Waals surface area contributed by atoms with E-state index < -0.39 is 0 Å². The maximum Gasteiger partial charge on any atom is 0.189 e. The maximum absolute atomic E-state index is 13.7. The molecule has 8 bridgehead atoms. The van der Waals surface area contributed by atoms with Crippen LogP contribution in [-0.4, -0.2) is 47.8 Å². The van der Waals surface area contributed by atoms with Crippen molar-refractivity contribution < 1.29 is 24.5 Å². The van der Waals surface area contributed by atoms with E-state index in [1.807, 2.05) is 18.2 Å². The highest BCUT2D eigenvalue weighted by molar-refractivity contribution is 5.89. The molecule has 1 heterocycles. The number of nitrogens with zero attached hydrogens (tertiary/aromatic N) is 1. The molecule has 366 valence electrons. The molecule has 3 aromatic carbocycles. The van der Waals surface area contributed by atoms with Gasteiger partial charge in [0.1, 0.15) is 5.75 Å². The number of methoxy groups -OCH3 is 1. The summed E-state index contributed by atoms with van der Waals surface area (Å²) in [7, 11) is 1.80. The highest BCUT2D eigenvalue weighted by Gasteiger charge is 2.49. The van der Waals surface area contributed by atoms with Crippen LogP contribution in [-0.2, 0) is 27.9 Å². The minimum absolute atomic E-state index is 0.0156. The SMILES string of the molecule is COC[C@H]1[C@@H]2c3c(O)c(OC4CCCC4)cc(CCC(=O)/C=C/CCC4CCCC4)c3C#CC[C@H]3C[C@H]1C=C1[C@@H](C[C@H](C)C[C@@H]12)c1cc(O)cc(c1)Cc1cccc(c1)C1(CCCCC1)NC(N)=N3. The molecule has 8 nitrogen and oxygen atoms in total. The maximum atomic E-state index is 13.7. The number of allylic oxidation sites excluding steroid dienone is 4. The van der Waals surface area contributed by atoms with E-state index in [0.29, 0.717) is 55.7 Å². The van der Waals surface area contributed by atoms with Gasteiger partial charge in [-0.05, 0) is 165 Å². The zero-order valence-corrected chi connectivity index (χ0v) is 41.5. The lowest BCUT2D eigenvalue weighted by Gasteiger charge is -2.49. The highest BCUT2D eigenvalue weighted by atomic mass is 16.5. The molecule has 0 saturated heterocycles. The highest BCUT2D eigenvalue weighted by Crippen LogP contribution is 2.59. The van der Waals surface area contributed by atoms with E-state index in [9.17, 15) is 15.0 Å². The van der Waals surface area contributed by atoms with Gasteiger partial charge in [0.15, 0.2) is 23.2 Å². The normalized spacial score (nSPS) is 27.8. The Bertz CT molecular complexity index is 2490. The second-order valence-electron chi connectivity index (χ2n) is 22.5. The number of aromatic hydroxyl groups is 2. The van der Waals surface area contributed by atoms with Crippen molar-refractivity contribution in [3.8, 4) is 29.1 Å². The third kappa shape index (κ3) is 10.6. The average molecular weight is 932 g/mol. The van der Waals surface area contributed by atoms with Crippen molar-refractivity contribution in [2.24, 2.45) is 40.3 Å². The van der Waals surface area contributed by atoms with E-state index in [-0.39, 0.29) is 58.8 Å². The van der Waals surface area contributed by atoms with E-state index >= 15 is 0 Å². The Kier molecular flexibility index (Phi) is 14.6. The van der Waals surface area contributed by atoms with Crippen LogP contribution >= 0.6 is 0 Å². The Morgan fingerprint density at radius 3 is 2.58 bits per heavy atom. The van der Waals surface area contributed by atoms with Crippen molar-refractivity contribution in [2.75, 3.05) is 13.7 Å². The van der Waals surface area contributed by atoms with Crippen molar-refractivity contribution in [2.45, 2.75) is 178 Å². The number of ketones is 1. The van der Waals surface area contributed by atoms with Crippen LogP contribution in [0.5, 0.6) is 17.2 Å². The van der Waals surface area contributed by atoms with Crippen LogP contribution in [0.25, 0.3) is 0 Å². The number of carbonyl (C=O) groups excluding carboxylic acids is 1. The molecule has 0 aromatic heterocycles. The Labute approximate surface area is 412 Å². The van der Waals surface area contributed by atoms with Crippen molar-refractivity contribution in [1.29, 1.82) is 0 Å². The number of benzene rings is 3. The number of rotatable bonds is 11. The summed E-state index contributed by atoms with van der Waals surface area (Å²) in [6.45, 7) is 2.86. The molecule has 8 heteroatoms. The Morgan fingerprint density at radius 2 is 1.77 bits per heavy atom. The molecular formula is C61H77N3O5.